The number of amides is 2. The van der Waals surface area contributed by atoms with Crippen molar-refractivity contribution in [2.75, 3.05) is 31.5 Å². The largest absolute Gasteiger partial charge is 0.322 e. The van der Waals surface area contributed by atoms with Gasteiger partial charge in [0.15, 0.2) is 0 Å². The zero-order chi connectivity index (χ0) is 14.1. The Labute approximate surface area is 120 Å². The molecule has 0 unspecified atom stereocenters. The average Bonchev–Trinajstić information content (AvgIpc) is 3.28. The number of para-hydroxylation sites is 1. The zero-order valence-electron chi connectivity index (χ0n) is 12.4. The summed E-state index contributed by atoms with van der Waals surface area (Å²) in [5, 5.41) is 3.08. The fraction of sp³-hybridized carbons (Fsp3) is 0.562. The van der Waals surface area contributed by atoms with Gasteiger partial charge in [-0.25, -0.2) is 4.79 Å². The van der Waals surface area contributed by atoms with E-state index in [4.69, 9.17) is 0 Å². The Morgan fingerprint density at radius 1 is 1.10 bits per heavy atom. The van der Waals surface area contributed by atoms with Gasteiger partial charge in [-0.05, 0) is 37.8 Å². The molecule has 1 aliphatic heterocycles. The minimum Gasteiger partial charge on any atom is -0.322 e. The molecular formula is C16H23N3O. The molecule has 1 aliphatic carbocycles. The lowest BCUT2D eigenvalue weighted by Crippen LogP contribution is -2.50. The van der Waals surface area contributed by atoms with Crippen LogP contribution in [0, 0.1) is 13.8 Å². The summed E-state index contributed by atoms with van der Waals surface area (Å²) in [5.74, 6) is 0. The van der Waals surface area contributed by atoms with Crippen LogP contribution >= 0.6 is 0 Å². The molecule has 2 fully saturated rings. The maximum absolute atomic E-state index is 12.4. The third kappa shape index (κ3) is 2.80. The monoisotopic (exact) mass is 273 g/mol. The van der Waals surface area contributed by atoms with E-state index in [1.807, 2.05) is 36.9 Å². The molecule has 1 saturated carbocycles. The lowest BCUT2D eigenvalue weighted by Gasteiger charge is -2.35. The first-order valence-electron chi connectivity index (χ1n) is 7.51. The van der Waals surface area contributed by atoms with Crippen LogP contribution in [0.15, 0.2) is 18.2 Å². The Morgan fingerprint density at radius 2 is 1.70 bits per heavy atom. The minimum atomic E-state index is 0.0397. The van der Waals surface area contributed by atoms with Crippen molar-refractivity contribution >= 4 is 11.7 Å². The number of piperazine rings is 1. The normalized spacial score (nSPS) is 20.0. The molecule has 2 amide bonds. The van der Waals surface area contributed by atoms with E-state index in [2.05, 4.69) is 10.2 Å². The molecule has 1 N–H and O–H groups in total. The van der Waals surface area contributed by atoms with Crippen LogP contribution in [0.3, 0.4) is 0 Å². The Balaban J connectivity index is 1.59. The molecule has 1 aromatic rings. The first-order valence-corrected chi connectivity index (χ1v) is 7.51. The van der Waals surface area contributed by atoms with Crippen LogP contribution < -0.4 is 5.32 Å². The van der Waals surface area contributed by atoms with E-state index in [0.29, 0.717) is 0 Å². The maximum atomic E-state index is 12.4. The first-order chi connectivity index (χ1) is 9.65. The van der Waals surface area contributed by atoms with Crippen molar-refractivity contribution in [2.45, 2.75) is 32.7 Å². The van der Waals surface area contributed by atoms with Crippen LogP contribution in [0.25, 0.3) is 0 Å². The SMILES string of the molecule is Cc1cccc(C)c1NC(=O)N1CCN(C2CC2)CC1. The molecule has 1 aromatic carbocycles. The van der Waals surface area contributed by atoms with Gasteiger partial charge in [-0.2, -0.15) is 0 Å². The summed E-state index contributed by atoms with van der Waals surface area (Å²) in [6.45, 7) is 7.79. The summed E-state index contributed by atoms with van der Waals surface area (Å²) < 4.78 is 0. The standard InChI is InChI=1S/C16H23N3O/c1-12-4-3-5-13(2)15(12)17-16(20)19-10-8-18(9-11-19)14-6-7-14/h3-5,14H,6-11H2,1-2H3,(H,17,20). The van der Waals surface area contributed by atoms with Gasteiger partial charge < -0.3 is 10.2 Å². The highest BCUT2D eigenvalue weighted by molar-refractivity contribution is 5.91. The van der Waals surface area contributed by atoms with Gasteiger partial charge in [-0.1, -0.05) is 18.2 Å². The average molecular weight is 273 g/mol. The molecule has 0 radical (unpaired) electrons. The molecule has 1 heterocycles. The predicted octanol–water partition coefficient (Wildman–Crippen LogP) is 2.62. The smallest absolute Gasteiger partial charge is 0.321 e. The van der Waals surface area contributed by atoms with Crippen molar-refractivity contribution in [2.24, 2.45) is 0 Å². The van der Waals surface area contributed by atoms with Crippen molar-refractivity contribution < 1.29 is 4.79 Å². The molecule has 0 spiro atoms. The summed E-state index contributed by atoms with van der Waals surface area (Å²) in [4.78, 5) is 16.8. The summed E-state index contributed by atoms with van der Waals surface area (Å²) in [6, 6.07) is 6.94. The van der Waals surface area contributed by atoms with Gasteiger partial charge in [0.2, 0.25) is 0 Å². The number of nitrogens with one attached hydrogen (secondary N) is 1. The molecule has 1 saturated heterocycles. The maximum Gasteiger partial charge on any atom is 0.321 e. The fourth-order valence-electron chi connectivity index (χ4n) is 2.93. The first kappa shape index (κ1) is 13.4. The Morgan fingerprint density at radius 3 is 2.25 bits per heavy atom. The van der Waals surface area contributed by atoms with Crippen LogP contribution in [0.4, 0.5) is 10.5 Å². The van der Waals surface area contributed by atoms with Crippen LogP contribution in [0.5, 0.6) is 0 Å². The van der Waals surface area contributed by atoms with E-state index >= 15 is 0 Å². The molecule has 4 nitrogen and oxygen atoms in total. The van der Waals surface area contributed by atoms with Gasteiger partial charge in [0.05, 0.1) is 0 Å². The number of hydrogen-bond donors (Lipinski definition) is 1. The highest BCUT2D eigenvalue weighted by Crippen LogP contribution is 2.27. The van der Waals surface area contributed by atoms with Crippen molar-refractivity contribution in [3.8, 4) is 0 Å². The van der Waals surface area contributed by atoms with Crippen molar-refractivity contribution in [1.82, 2.24) is 9.80 Å². The second-order valence-electron chi connectivity index (χ2n) is 5.95. The van der Waals surface area contributed by atoms with Crippen LogP contribution in [-0.2, 0) is 0 Å². The van der Waals surface area contributed by atoms with Crippen molar-refractivity contribution in [3.05, 3.63) is 29.3 Å². The number of nitrogens with zero attached hydrogens (tertiary/aromatic N) is 2. The van der Waals surface area contributed by atoms with Gasteiger partial charge >= 0.3 is 6.03 Å². The van der Waals surface area contributed by atoms with Crippen molar-refractivity contribution in [1.29, 1.82) is 0 Å². The number of urea groups is 1. The number of rotatable bonds is 2. The molecule has 20 heavy (non-hydrogen) atoms. The molecule has 0 bridgehead atoms. The molecular weight excluding hydrogens is 250 g/mol. The summed E-state index contributed by atoms with van der Waals surface area (Å²) >= 11 is 0. The third-order valence-electron chi connectivity index (χ3n) is 4.38. The Kier molecular flexibility index (Phi) is 3.66. The molecule has 4 heteroatoms. The number of benzene rings is 1. The van der Waals surface area contributed by atoms with Crippen LogP contribution in [-0.4, -0.2) is 48.1 Å². The highest BCUT2D eigenvalue weighted by Gasteiger charge is 2.32. The van der Waals surface area contributed by atoms with E-state index in [1.165, 1.54) is 12.8 Å². The topological polar surface area (TPSA) is 35.6 Å². The Bertz CT molecular complexity index is 482. The number of carbonyl (C=O) groups is 1. The van der Waals surface area contributed by atoms with Gasteiger partial charge in [0.1, 0.15) is 0 Å². The number of hydrogen-bond acceptors (Lipinski definition) is 2. The second-order valence-corrected chi connectivity index (χ2v) is 5.95. The van der Waals surface area contributed by atoms with Crippen LogP contribution in [0.1, 0.15) is 24.0 Å². The van der Waals surface area contributed by atoms with Gasteiger partial charge in [0, 0.05) is 37.9 Å². The lowest BCUT2D eigenvalue weighted by molar-refractivity contribution is 0.142. The minimum absolute atomic E-state index is 0.0397. The third-order valence-corrected chi connectivity index (χ3v) is 4.38. The van der Waals surface area contributed by atoms with Gasteiger partial charge in [-0.3, -0.25) is 4.90 Å². The predicted molar refractivity (Wildman–Crippen MR) is 81.1 cm³/mol. The van der Waals surface area contributed by atoms with Crippen molar-refractivity contribution in [3.63, 3.8) is 0 Å². The number of carbonyl (C=O) groups excluding carboxylic acids is 1. The second kappa shape index (κ2) is 5.44. The van der Waals surface area contributed by atoms with E-state index in [-0.39, 0.29) is 6.03 Å². The van der Waals surface area contributed by atoms with E-state index in [1.54, 1.807) is 0 Å². The van der Waals surface area contributed by atoms with Gasteiger partial charge in [-0.15, -0.1) is 0 Å². The van der Waals surface area contributed by atoms with Crippen LogP contribution in [0.2, 0.25) is 0 Å². The molecule has 0 atom stereocenters. The molecule has 2 aliphatic rings. The van der Waals surface area contributed by atoms with E-state index < -0.39 is 0 Å². The van der Waals surface area contributed by atoms with Gasteiger partial charge in [0.25, 0.3) is 0 Å². The lowest BCUT2D eigenvalue weighted by atomic mass is 10.1. The summed E-state index contributed by atoms with van der Waals surface area (Å²) in [7, 11) is 0. The number of aryl methyl sites for hydroxylation is 2. The number of anilines is 1. The fourth-order valence-corrected chi connectivity index (χ4v) is 2.93. The summed E-state index contributed by atoms with van der Waals surface area (Å²) in [5.41, 5.74) is 3.20. The Hall–Kier alpha value is -1.55. The van der Waals surface area contributed by atoms with E-state index in [9.17, 15) is 4.79 Å². The highest BCUT2D eigenvalue weighted by atomic mass is 16.2. The molecule has 108 valence electrons. The van der Waals surface area contributed by atoms with E-state index in [0.717, 1.165) is 49.0 Å². The molecule has 3 rings (SSSR count). The quantitative estimate of drug-likeness (QED) is 0.899. The molecule has 0 aromatic heterocycles. The zero-order valence-corrected chi connectivity index (χ0v) is 12.4. The summed E-state index contributed by atoms with van der Waals surface area (Å²) in [6.07, 6.45) is 2.68.